The third-order valence-electron chi connectivity index (χ3n) is 1.88. The Morgan fingerprint density at radius 3 is 2.94 bits per heavy atom. The van der Waals surface area contributed by atoms with E-state index in [0.717, 1.165) is 15.4 Å². The quantitative estimate of drug-likeness (QED) is 0.936. The van der Waals surface area contributed by atoms with Gasteiger partial charge in [-0.2, -0.15) is 0 Å². The number of methoxy groups -OCH3 is 1. The molecule has 6 heteroatoms. The molecule has 0 saturated heterocycles. The Bertz CT molecular complexity index is 503. The summed E-state index contributed by atoms with van der Waals surface area (Å²) in [6.45, 7) is 0. The first kappa shape index (κ1) is 11.3. The number of hydrogen-bond donors (Lipinski definition) is 1. The molecule has 0 unspecified atom stereocenters. The first-order chi connectivity index (χ1) is 7.69. The van der Waals surface area contributed by atoms with Gasteiger partial charge in [-0.3, -0.25) is 0 Å². The minimum atomic E-state index is -0.381. The summed E-state index contributed by atoms with van der Waals surface area (Å²) in [5, 5.41) is 5.66. The van der Waals surface area contributed by atoms with Crippen molar-refractivity contribution in [3.63, 3.8) is 0 Å². The average Bonchev–Trinajstić information content (AvgIpc) is 2.67. The van der Waals surface area contributed by atoms with E-state index in [4.69, 9.17) is 4.74 Å². The molecule has 0 fully saturated rings. The highest BCUT2D eigenvalue weighted by atomic mass is 79.9. The second-order valence-corrected chi connectivity index (χ2v) is 4.62. The van der Waals surface area contributed by atoms with Gasteiger partial charge >= 0.3 is 0 Å². The van der Waals surface area contributed by atoms with Crippen molar-refractivity contribution >= 4 is 38.1 Å². The fourth-order valence-corrected chi connectivity index (χ4v) is 2.34. The van der Waals surface area contributed by atoms with Gasteiger partial charge in [-0.1, -0.05) is 0 Å². The number of halogens is 2. The fraction of sp³-hybridized carbons (Fsp3) is 0.100. The van der Waals surface area contributed by atoms with Crippen molar-refractivity contribution in [2.75, 3.05) is 12.4 Å². The van der Waals surface area contributed by atoms with Crippen LogP contribution in [0, 0.1) is 5.82 Å². The lowest BCUT2D eigenvalue weighted by Crippen LogP contribution is -1.93. The number of rotatable bonds is 3. The summed E-state index contributed by atoms with van der Waals surface area (Å²) in [4.78, 5) is 4.17. The number of thiazole rings is 1. The van der Waals surface area contributed by atoms with Crippen LogP contribution in [-0.4, -0.2) is 12.1 Å². The van der Waals surface area contributed by atoms with Crippen LogP contribution in [0.3, 0.4) is 0 Å². The monoisotopic (exact) mass is 302 g/mol. The van der Waals surface area contributed by atoms with E-state index in [0.29, 0.717) is 0 Å². The van der Waals surface area contributed by atoms with Crippen LogP contribution in [0.4, 0.5) is 15.2 Å². The lowest BCUT2D eigenvalue weighted by atomic mass is 10.3. The van der Waals surface area contributed by atoms with Gasteiger partial charge in [-0.05, 0) is 28.1 Å². The van der Waals surface area contributed by atoms with Gasteiger partial charge in [0.25, 0.3) is 0 Å². The molecular weight excluding hydrogens is 295 g/mol. The van der Waals surface area contributed by atoms with Crippen LogP contribution >= 0.6 is 27.3 Å². The Balaban J connectivity index is 2.21. The predicted molar refractivity (Wildman–Crippen MR) is 66.0 cm³/mol. The van der Waals surface area contributed by atoms with E-state index in [1.807, 2.05) is 5.38 Å². The largest absolute Gasteiger partial charge is 0.494 e. The van der Waals surface area contributed by atoms with Crippen LogP contribution in [0.25, 0.3) is 0 Å². The Kier molecular flexibility index (Phi) is 3.40. The highest BCUT2D eigenvalue weighted by molar-refractivity contribution is 9.10. The second-order valence-electron chi connectivity index (χ2n) is 2.95. The topological polar surface area (TPSA) is 34.1 Å². The molecule has 84 valence electrons. The van der Waals surface area contributed by atoms with E-state index in [2.05, 4.69) is 26.2 Å². The SMILES string of the molecule is COc1cc(Nc2nc(Br)cs2)ccc1F. The molecule has 0 radical (unpaired) electrons. The maximum atomic E-state index is 13.1. The average molecular weight is 303 g/mol. The van der Waals surface area contributed by atoms with Crippen LogP contribution in [-0.2, 0) is 0 Å². The molecule has 1 aromatic carbocycles. The van der Waals surface area contributed by atoms with Crippen LogP contribution in [0.1, 0.15) is 0 Å². The summed E-state index contributed by atoms with van der Waals surface area (Å²) in [6.07, 6.45) is 0. The maximum Gasteiger partial charge on any atom is 0.188 e. The summed E-state index contributed by atoms with van der Waals surface area (Å²) in [6, 6.07) is 4.57. The van der Waals surface area contributed by atoms with Gasteiger partial charge in [-0.25, -0.2) is 9.37 Å². The van der Waals surface area contributed by atoms with Crippen LogP contribution < -0.4 is 10.1 Å². The zero-order valence-electron chi connectivity index (χ0n) is 8.33. The van der Waals surface area contributed by atoms with Crippen molar-refractivity contribution in [1.82, 2.24) is 4.98 Å². The molecule has 1 N–H and O–H groups in total. The Labute approximate surface area is 104 Å². The number of benzene rings is 1. The number of anilines is 2. The number of aromatic nitrogens is 1. The smallest absolute Gasteiger partial charge is 0.188 e. The highest BCUT2D eigenvalue weighted by Gasteiger charge is 2.05. The molecule has 3 nitrogen and oxygen atoms in total. The van der Waals surface area contributed by atoms with E-state index in [9.17, 15) is 4.39 Å². The van der Waals surface area contributed by atoms with E-state index in [1.165, 1.54) is 24.5 Å². The van der Waals surface area contributed by atoms with E-state index in [-0.39, 0.29) is 11.6 Å². The first-order valence-corrected chi connectivity index (χ1v) is 6.08. The number of ether oxygens (including phenoxy) is 1. The Morgan fingerprint density at radius 1 is 1.50 bits per heavy atom. The molecule has 0 atom stereocenters. The van der Waals surface area contributed by atoms with Crippen LogP contribution in [0.15, 0.2) is 28.2 Å². The van der Waals surface area contributed by atoms with Crippen molar-refractivity contribution in [2.45, 2.75) is 0 Å². The lowest BCUT2D eigenvalue weighted by Gasteiger charge is -2.06. The standard InChI is InChI=1S/C10H8BrFN2OS/c1-15-8-4-6(2-3-7(8)12)13-10-14-9(11)5-16-10/h2-5H,1H3,(H,13,14). The molecule has 0 aliphatic heterocycles. The number of nitrogens with one attached hydrogen (secondary N) is 1. The van der Waals surface area contributed by atoms with Crippen molar-refractivity contribution in [1.29, 1.82) is 0 Å². The third-order valence-corrected chi connectivity index (χ3v) is 3.35. The number of hydrogen-bond acceptors (Lipinski definition) is 4. The van der Waals surface area contributed by atoms with Gasteiger partial charge in [0.05, 0.1) is 7.11 Å². The predicted octanol–water partition coefficient (Wildman–Crippen LogP) is 3.80. The molecule has 0 bridgehead atoms. The number of nitrogens with zero attached hydrogens (tertiary/aromatic N) is 1. The third kappa shape index (κ3) is 2.51. The molecule has 2 rings (SSSR count). The van der Waals surface area contributed by atoms with Gasteiger partial charge in [0.2, 0.25) is 0 Å². The fourth-order valence-electron chi connectivity index (χ4n) is 1.17. The normalized spacial score (nSPS) is 10.2. The Hall–Kier alpha value is -1.14. The van der Waals surface area contributed by atoms with Crippen molar-refractivity contribution in [3.05, 3.63) is 34.0 Å². The first-order valence-electron chi connectivity index (χ1n) is 4.40. The summed E-state index contributed by atoms with van der Waals surface area (Å²) in [5.41, 5.74) is 0.736. The van der Waals surface area contributed by atoms with Gasteiger partial charge in [-0.15, -0.1) is 11.3 Å². The minimum absolute atomic E-state index is 0.209. The summed E-state index contributed by atoms with van der Waals surface area (Å²) >= 11 is 4.72. The lowest BCUT2D eigenvalue weighted by molar-refractivity contribution is 0.387. The van der Waals surface area contributed by atoms with Crippen molar-refractivity contribution in [3.8, 4) is 5.75 Å². The van der Waals surface area contributed by atoms with Crippen LogP contribution in [0.2, 0.25) is 0 Å². The summed E-state index contributed by atoms with van der Waals surface area (Å²) < 4.78 is 18.8. The molecule has 1 heterocycles. The molecular formula is C10H8BrFN2OS. The van der Waals surface area contributed by atoms with E-state index >= 15 is 0 Å². The summed E-state index contributed by atoms with van der Waals surface area (Å²) in [5.74, 6) is -0.172. The van der Waals surface area contributed by atoms with Gasteiger partial charge in [0.15, 0.2) is 16.7 Å². The molecule has 0 aliphatic rings. The van der Waals surface area contributed by atoms with Gasteiger partial charge in [0.1, 0.15) is 4.60 Å². The van der Waals surface area contributed by atoms with Gasteiger partial charge in [0, 0.05) is 17.1 Å². The van der Waals surface area contributed by atoms with Crippen molar-refractivity contribution < 1.29 is 9.13 Å². The maximum absolute atomic E-state index is 13.1. The van der Waals surface area contributed by atoms with E-state index < -0.39 is 0 Å². The van der Waals surface area contributed by atoms with E-state index in [1.54, 1.807) is 12.1 Å². The molecule has 0 amide bonds. The zero-order chi connectivity index (χ0) is 11.5. The zero-order valence-corrected chi connectivity index (χ0v) is 10.7. The van der Waals surface area contributed by atoms with Gasteiger partial charge < -0.3 is 10.1 Å². The molecule has 1 aromatic heterocycles. The molecule has 0 spiro atoms. The molecule has 2 aromatic rings. The second kappa shape index (κ2) is 4.80. The highest BCUT2D eigenvalue weighted by Crippen LogP contribution is 2.27. The molecule has 0 saturated carbocycles. The summed E-state index contributed by atoms with van der Waals surface area (Å²) in [7, 11) is 1.43. The Morgan fingerprint density at radius 2 is 2.31 bits per heavy atom. The van der Waals surface area contributed by atoms with Crippen molar-refractivity contribution in [2.24, 2.45) is 0 Å². The van der Waals surface area contributed by atoms with Crippen LogP contribution in [0.5, 0.6) is 5.75 Å². The molecule has 0 aliphatic carbocycles. The molecule has 16 heavy (non-hydrogen) atoms. The minimum Gasteiger partial charge on any atom is -0.494 e.